The van der Waals surface area contributed by atoms with Gasteiger partial charge in [-0.15, -0.1) is 0 Å². The number of nitrogens with zero attached hydrogens (tertiary/aromatic N) is 3. The van der Waals surface area contributed by atoms with Crippen molar-refractivity contribution in [3.05, 3.63) is 30.1 Å². The first-order chi connectivity index (χ1) is 10.2. The minimum Gasteiger partial charge on any atom is -0.395 e. The number of hydrogen-bond acceptors (Lipinski definition) is 4. The SMILES string of the molecule is N#CC1(C(=O)N(CCO)Cc2cccnc2)CCCCC1. The summed E-state index contributed by atoms with van der Waals surface area (Å²) in [6, 6.07) is 5.96. The van der Waals surface area contributed by atoms with Crippen LogP contribution in [0.3, 0.4) is 0 Å². The van der Waals surface area contributed by atoms with Gasteiger partial charge in [-0.25, -0.2) is 0 Å². The van der Waals surface area contributed by atoms with Gasteiger partial charge in [0.1, 0.15) is 5.41 Å². The summed E-state index contributed by atoms with van der Waals surface area (Å²) in [4.78, 5) is 18.4. The Morgan fingerprint density at radius 2 is 2.19 bits per heavy atom. The molecule has 112 valence electrons. The summed E-state index contributed by atoms with van der Waals surface area (Å²) in [6.45, 7) is 0.529. The van der Waals surface area contributed by atoms with Crippen molar-refractivity contribution in [2.45, 2.75) is 38.6 Å². The molecule has 1 fully saturated rings. The Morgan fingerprint density at radius 3 is 2.76 bits per heavy atom. The number of carbonyl (C=O) groups is 1. The summed E-state index contributed by atoms with van der Waals surface area (Å²) < 4.78 is 0. The third kappa shape index (κ3) is 3.59. The van der Waals surface area contributed by atoms with E-state index in [-0.39, 0.29) is 19.1 Å². The second-order valence-electron chi connectivity index (χ2n) is 5.57. The Bertz CT molecular complexity index is 504. The summed E-state index contributed by atoms with van der Waals surface area (Å²) in [5.74, 6) is -0.150. The molecule has 1 N–H and O–H groups in total. The molecule has 1 aromatic rings. The van der Waals surface area contributed by atoms with E-state index in [0.29, 0.717) is 19.4 Å². The van der Waals surface area contributed by atoms with Gasteiger partial charge in [-0.05, 0) is 24.5 Å². The molecule has 5 heteroatoms. The van der Waals surface area contributed by atoms with Crippen molar-refractivity contribution >= 4 is 5.91 Å². The predicted octanol–water partition coefficient (Wildman–Crippen LogP) is 1.88. The number of carbonyl (C=O) groups excluding carboxylic acids is 1. The van der Waals surface area contributed by atoms with E-state index in [2.05, 4.69) is 11.1 Å². The molecule has 0 aliphatic heterocycles. The molecule has 0 spiro atoms. The Kier molecular flexibility index (Phi) is 5.29. The molecule has 2 rings (SSSR count). The maximum Gasteiger partial charge on any atom is 0.243 e. The van der Waals surface area contributed by atoms with Crippen molar-refractivity contribution in [1.29, 1.82) is 5.26 Å². The first kappa shape index (κ1) is 15.5. The van der Waals surface area contributed by atoms with Crippen molar-refractivity contribution in [2.24, 2.45) is 5.41 Å². The van der Waals surface area contributed by atoms with Crippen LogP contribution in [0.25, 0.3) is 0 Å². The molecule has 21 heavy (non-hydrogen) atoms. The molecule has 0 unspecified atom stereocenters. The Labute approximate surface area is 125 Å². The molecule has 0 saturated heterocycles. The van der Waals surface area contributed by atoms with E-state index >= 15 is 0 Å². The zero-order valence-corrected chi connectivity index (χ0v) is 12.2. The number of aliphatic hydroxyl groups is 1. The summed E-state index contributed by atoms with van der Waals surface area (Å²) in [6.07, 6.45) is 7.55. The Hall–Kier alpha value is -1.93. The second-order valence-corrected chi connectivity index (χ2v) is 5.57. The second kappa shape index (κ2) is 7.19. The van der Waals surface area contributed by atoms with E-state index in [0.717, 1.165) is 24.8 Å². The lowest BCUT2D eigenvalue weighted by Gasteiger charge is -2.34. The number of nitriles is 1. The van der Waals surface area contributed by atoms with Crippen molar-refractivity contribution < 1.29 is 9.90 Å². The molecule has 1 aromatic heterocycles. The highest BCUT2D eigenvalue weighted by molar-refractivity contribution is 5.85. The fourth-order valence-corrected chi connectivity index (χ4v) is 2.92. The van der Waals surface area contributed by atoms with Gasteiger partial charge in [0.2, 0.25) is 5.91 Å². The van der Waals surface area contributed by atoms with E-state index < -0.39 is 5.41 Å². The normalized spacial score (nSPS) is 17.0. The maximum atomic E-state index is 12.8. The van der Waals surface area contributed by atoms with E-state index in [9.17, 15) is 15.2 Å². The minimum atomic E-state index is -0.907. The summed E-state index contributed by atoms with van der Waals surface area (Å²) in [5, 5.41) is 18.7. The van der Waals surface area contributed by atoms with Gasteiger partial charge in [0.15, 0.2) is 0 Å². The summed E-state index contributed by atoms with van der Waals surface area (Å²) in [5.41, 5.74) is -0.00137. The number of aliphatic hydroxyl groups excluding tert-OH is 1. The van der Waals surface area contributed by atoms with E-state index in [1.165, 1.54) is 0 Å². The lowest BCUT2D eigenvalue weighted by Crippen LogP contribution is -2.45. The molecule has 1 aliphatic rings. The topological polar surface area (TPSA) is 77.2 Å². The molecule has 0 atom stereocenters. The average molecular weight is 287 g/mol. The monoisotopic (exact) mass is 287 g/mol. The van der Waals surface area contributed by atoms with Crippen LogP contribution < -0.4 is 0 Å². The first-order valence-electron chi connectivity index (χ1n) is 7.42. The zero-order chi connectivity index (χ0) is 15.1. The highest BCUT2D eigenvalue weighted by Crippen LogP contribution is 2.37. The van der Waals surface area contributed by atoms with Gasteiger partial charge in [0.05, 0.1) is 12.7 Å². The number of aromatic nitrogens is 1. The van der Waals surface area contributed by atoms with E-state index in [1.807, 2.05) is 12.1 Å². The number of hydrogen-bond donors (Lipinski definition) is 1. The molecule has 1 amide bonds. The van der Waals surface area contributed by atoms with Crippen LogP contribution in [0.2, 0.25) is 0 Å². The highest BCUT2D eigenvalue weighted by atomic mass is 16.3. The smallest absolute Gasteiger partial charge is 0.243 e. The maximum absolute atomic E-state index is 12.8. The summed E-state index contributed by atoms with van der Waals surface area (Å²) >= 11 is 0. The van der Waals surface area contributed by atoms with Crippen molar-refractivity contribution in [3.8, 4) is 6.07 Å². The third-order valence-electron chi connectivity index (χ3n) is 4.08. The quantitative estimate of drug-likeness (QED) is 0.897. The first-order valence-corrected chi connectivity index (χ1v) is 7.42. The summed E-state index contributed by atoms with van der Waals surface area (Å²) in [7, 11) is 0. The minimum absolute atomic E-state index is 0.104. The largest absolute Gasteiger partial charge is 0.395 e. The molecule has 0 bridgehead atoms. The van der Waals surface area contributed by atoms with Crippen LogP contribution in [0.1, 0.15) is 37.7 Å². The third-order valence-corrected chi connectivity index (χ3v) is 4.08. The van der Waals surface area contributed by atoms with Crippen molar-refractivity contribution in [3.63, 3.8) is 0 Å². The van der Waals surface area contributed by atoms with Crippen LogP contribution in [-0.2, 0) is 11.3 Å². The number of pyridine rings is 1. The van der Waals surface area contributed by atoms with Gasteiger partial charge in [-0.2, -0.15) is 5.26 Å². The van der Waals surface area contributed by atoms with Crippen LogP contribution >= 0.6 is 0 Å². The molecular formula is C16H21N3O2. The molecule has 0 radical (unpaired) electrons. The Balaban J connectivity index is 2.16. The lowest BCUT2D eigenvalue weighted by molar-refractivity contribution is -0.141. The van der Waals surface area contributed by atoms with Gasteiger partial charge in [0.25, 0.3) is 0 Å². The fraction of sp³-hybridized carbons (Fsp3) is 0.562. The average Bonchev–Trinajstić information content (AvgIpc) is 2.55. The number of amides is 1. The molecule has 1 heterocycles. The molecule has 1 saturated carbocycles. The molecular weight excluding hydrogens is 266 g/mol. The fourth-order valence-electron chi connectivity index (χ4n) is 2.92. The van der Waals surface area contributed by atoms with Crippen LogP contribution in [-0.4, -0.2) is 34.0 Å². The van der Waals surface area contributed by atoms with Gasteiger partial charge < -0.3 is 10.0 Å². The van der Waals surface area contributed by atoms with Crippen LogP contribution in [0.5, 0.6) is 0 Å². The zero-order valence-electron chi connectivity index (χ0n) is 12.2. The molecule has 1 aliphatic carbocycles. The van der Waals surface area contributed by atoms with Crippen molar-refractivity contribution in [2.75, 3.05) is 13.2 Å². The van der Waals surface area contributed by atoms with Gasteiger partial charge in [-0.3, -0.25) is 9.78 Å². The van der Waals surface area contributed by atoms with Crippen LogP contribution in [0.4, 0.5) is 0 Å². The predicted molar refractivity (Wildman–Crippen MR) is 77.9 cm³/mol. The van der Waals surface area contributed by atoms with E-state index in [1.54, 1.807) is 17.3 Å². The molecule has 0 aromatic carbocycles. The standard InChI is InChI=1S/C16H21N3O2/c17-13-16(6-2-1-3-7-16)15(21)19(9-10-20)12-14-5-4-8-18-11-14/h4-5,8,11,20H,1-3,6-7,9-10,12H2. The highest BCUT2D eigenvalue weighted by Gasteiger charge is 2.42. The van der Waals surface area contributed by atoms with E-state index in [4.69, 9.17) is 0 Å². The van der Waals surface area contributed by atoms with Gasteiger partial charge >= 0.3 is 0 Å². The molecule has 5 nitrogen and oxygen atoms in total. The lowest BCUT2D eigenvalue weighted by atomic mass is 9.74. The van der Waals surface area contributed by atoms with Crippen LogP contribution in [0.15, 0.2) is 24.5 Å². The van der Waals surface area contributed by atoms with Gasteiger partial charge in [0, 0.05) is 25.5 Å². The van der Waals surface area contributed by atoms with Gasteiger partial charge in [-0.1, -0.05) is 25.3 Å². The van der Waals surface area contributed by atoms with Crippen LogP contribution in [0, 0.1) is 16.7 Å². The number of rotatable bonds is 5. The van der Waals surface area contributed by atoms with Crippen molar-refractivity contribution in [1.82, 2.24) is 9.88 Å². The Morgan fingerprint density at radius 1 is 1.43 bits per heavy atom.